The second-order valence-electron chi connectivity index (χ2n) is 10.0. The van der Waals surface area contributed by atoms with Gasteiger partial charge in [-0.3, -0.25) is 24.7 Å². The molecule has 0 bridgehead atoms. The molecule has 2 aromatic carbocycles. The van der Waals surface area contributed by atoms with Crippen molar-refractivity contribution in [1.82, 2.24) is 25.3 Å². The summed E-state index contributed by atoms with van der Waals surface area (Å²) in [5.41, 5.74) is 8.48. The van der Waals surface area contributed by atoms with Crippen LogP contribution >= 0.6 is 0 Å². The van der Waals surface area contributed by atoms with Crippen molar-refractivity contribution in [3.63, 3.8) is 0 Å². The van der Waals surface area contributed by atoms with E-state index in [0.717, 1.165) is 56.7 Å². The molecule has 0 aliphatic rings. The molecule has 0 saturated carbocycles. The van der Waals surface area contributed by atoms with E-state index in [0.29, 0.717) is 23.8 Å². The van der Waals surface area contributed by atoms with Crippen molar-refractivity contribution >= 4 is 12.0 Å². The molecule has 0 spiro atoms. The molecule has 9 heteroatoms. The highest BCUT2D eigenvalue weighted by Gasteiger charge is 2.11. The van der Waals surface area contributed by atoms with E-state index in [-0.39, 0.29) is 19.1 Å². The Kier molecular flexibility index (Phi) is 9.85. The molecule has 2 aromatic heterocycles. The largest absolute Gasteiger partial charge is 0.493 e. The lowest BCUT2D eigenvalue weighted by Gasteiger charge is -2.14. The molecule has 0 aliphatic carbocycles. The third-order valence-electron chi connectivity index (χ3n) is 6.92. The van der Waals surface area contributed by atoms with Crippen LogP contribution < -0.4 is 19.5 Å². The molecule has 218 valence electrons. The van der Waals surface area contributed by atoms with Gasteiger partial charge in [0.15, 0.2) is 11.5 Å². The van der Waals surface area contributed by atoms with Crippen LogP contribution in [0, 0.1) is 41.5 Å². The molecule has 9 nitrogen and oxygen atoms in total. The number of nitrogens with zero attached hydrogens (tertiary/aromatic N) is 4. The van der Waals surface area contributed by atoms with Gasteiger partial charge in [-0.1, -0.05) is 24.3 Å². The van der Waals surface area contributed by atoms with Crippen LogP contribution in [0.2, 0.25) is 0 Å². The first kappa shape index (κ1) is 30.2. The van der Waals surface area contributed by atoms with Crippen LogP contribution in [-0.4, -0.2) is 33.0 Å². The maximum absolute atomic E-state index is 12.6. The van der Waals surface area contributed by atoms with Gasteiger partial charge in [0.2, 0.25) is 5.91 Å². The summed E-state index contributed by atoms with van der Waals surface area (Å²) in [6, 6.07) is 13.1. The number of benzene rings is 2. The van der Waals surface area contributed by atoms with Crippen LogP contribution in [0.25, 0.3) is 6.08 Å². The fourth-order valence-corrected chi connectivity index (χ4v) is 4.19. The number of carbonyl (C=O) groups is 1. The van der Waals surface area contributed by atoms with Crippen molar-refractivity contribution in [3.05, 3.63) is 105 Å². The number of hydrogen-bond donors (Lipinski definition) is 1. The number of aryl methyl sites for hydroxylation is 6. The molecule has 1 amide bonds. The minimum atomic E-state index is -0.233. The van der Waals surface area contributed by atoms with Crippen LogP contribution in [-0.2, 0) is 24.6 Å². The Balaban J connectivity index is 1.34. The molecule has 0 saturated heterocycles. The van der Waals surface area contributed by atoms with Crippen molar-refractivity contribution in [2.75, 3.05) is 7.11 Å². The Bertz CT molecular complexity index is 1620. The molecule has 0 aliphatic heterocycles. The van der Waals surface area contributed by atoms with Crippen molar-refractivity contribution in [3.8, 4) is 17.2 Å². The summed E-state index contributed by atoms with van der Waals surface area (Å²) < 4.78 is 17.6. The summed E-state index contributed by atoms with van der Waals surface area (Å²) in [7, 11) is 1.59. The van der Waals surface area contributed by atoms with Crippen LogP contribution in [0.15, 0.2) is 48.5 Å². The Morgan fingerprint density at radius 1 is 0.714 bits per heavy atom. The quantitative estimate of drug-likeness (QED) is 0.233. The smallest absolute Gasteiger partial charge is 0.244 e. The van der Waals surface area contributed by atoms with Gasteiger partial charge < -0.3 is 19.5 Å². The highest BCUT2D eigenvalue weighted by molar-refractivity contribution is 5.92. The van der Waals surface area contributed by atoms with Gasteiger partial charge >= 0.3 is 0 Å². The van der Waals surface area contributed by atoms with Crippen LogP contribution in [0.1, 0.15) is 56.7 Å². The van der Waals surface area contributed by atoms with Gasteiger partial charge in [-0.2, -0.15) is 0 Å². The molecule has 1 N–H and O–H groups in total. The summed E-state index contributed by atoms with van der Waals surface area (Å²) in [6.45, 7) is 12.5. The second kappa shape index (κ2) is 13.7. The molecular formula is C33H37N5O4. The topological polar surface area (TPSA) is 108 Å². The minimum Gasteiger partial charge on any atom is -0.493 e. The highest BCUT2D eigenvalue weighted by atomic mass is 16.5. The third-order valence-corrected chi connectivity index (χ3v) is 6.92. The van der Waals surface area contributed by atoms with E-state index < -0.39 is 0 Å². The normalized spacial score (nSPS) is 11.0. The number of hydrogen-bond acceptors (Lipinski definition) is 8. The zero-order valence-electron chi connectivity index (χ0n) is 25.2. The van der Waals surface area contributed by atoms with Crippen molar-refractivity contribution in [2.24, 2.45) is 0 Å². The summed E-state index contributed by atoms with van der Waals surface area (Å²) in [6.07, 6.45) is 3.23. The monoisotopic (exact) mass is 567 g/mol. The summed E-state index contributed by atoms with van der Waals surface area (Å²) in [4.78, 5) is 30.9. The van der Waals surface area contributed by atoms with E-state index in [4.69, 9.17) is 14.2 Å². The van der Waals surface area contributed by atoms with Crippen LogP contribution in [0.5, 0.6) is 17.2 Å². The lowest BCUT2D eigenvalue weighted by atomic mass is 10.1. The first-order chi connectivity index (χ1) is 20.1. The number of para-hydroxylation sites is 1. The zero-order valence-corrected chi connectivity index (χ0v) is 25.2. The molecule has 0 fully saturated rings. The van der Waals surface area contributed by atoms with Gasteiger partial charge in [-0.25, -0.2) is 0 Å². The van der Waals surface area contributed by atoms with Crippen LogP contribution in [0.4, 0.5) is 0 Å². The minimum absolute atomic E-state index is 0.233. The maximum atomic E-state index is 12.6. The van der Waals surface area contributed by atoms with E-state index in [1.807, 2.05) is 84.0 Å². The summed E-state index contributed by atoms with van der Waals surface area (Å²) in [5.74, 6) is 1.58. The standard InChI is InChI=1S/C33H37N5O4/c1-20-22(3)37-28(24(5)35-20)18-41-30-11-9-8-10-27(30)13-15-33(39)34-17-26-12-14-31(32(16-26)40-7)42-19-29-25(6)36-21(2)23(4)38-29/h8-16H,17-19H2,1-7H3,(H,34,39)/b15-13+. The average molecular weight is 568 g/mol. The number of nitrogens with one attached hydrogen (secondary N) is 1. The molecule has 42 heavy (non-hydrogen) atoms. The van der Waals surface area contributed by atoms with Crippen molar-refractivity contribution < 1.29 is 19.0 Å². The number of carbonyl (C=O) groups excluding carboxylic acids is 1. The fourth-order valence-electron chi connectivity index (χ4n) is 4.19. The van der Waals surface area contributed by atoms with Gasteiger partial charge in [0.1, 0.15) is 19.0 Å². The molecular weight excluding hydrogens is 530 g/mol. The van der Waals surface area contributed by atoms with E-state index >= 15 is 0 Å². The van der Waals surface area contributed by atoms with Gasteiger partial charge in [0.05, 0.1) is 52.7 Å². The van der Waals surface area contributed by atoms with Gasteiger partial charge in [0.25, 0.3) is 0 Å². The number of amides is 1. The number of rotatable bonds is 11. The molecule has 4 aromatic rings. The fraction of sp³-hybridized carbons (Fsp3) is 0.303. The lowest BCUT2D eigenvalue weighted by Crippen LogP contribution is -2.20. The van der Waals surface area contributed by atoms with Crippen LogP contribution in [0.3, 0.4) is 0 Å². The second-order valence-corrected chi connectivity index (χ2v) is 10.0. The molecule has 2 heterocycles. The van der Waals surface area contributed by atoms with E-state index in [1.54, 1.807) is 13.2 Å². The molecule has 0 radical (unpaired) electrons. The Morgan fingerprint density at radius 3 is 1.90 bits per heavy atom. The van der Waals surface area contributed by atoms with Gasteiger partial charge in [-0.15, -0.1) is 0 Å². The lowest BCUT2D eigenvalue weighted by molar-refractivity contribution is -0.116. The Hall–Kier alpha value is -4.79. The predicted octanol–water partition coefficient (Wildman–Crippen LogP) is 5.61. The van der Waals surface area contributed by atoms with Crippen molar-refractivity contribution in [2.45, 2.75) is 61.3 Å². The van der Waals surface area contributed by atoms with E-state index in [9.17, 15) is 4.79 Å². The number of methoxy groups -OCH3 is 1. The SMILES string of the molecule is COc1cc(CNC(=O)/C=C/c2ccccc2OCc2nc(C)c(C)nc2C)ccc1OCc1nc(C)c(C)nc1C. The van der Waals surface area contributed by atoms with E-state index in [1.165, 1.54) is 6.08 Å². The average Bonchev–Trinajstić information content (AvgIpc) is 2.98. The zero-order chi connectivity index (χ0) is 30.2. The first-order valence-electron chi connectivity index (χ1n) is 13.7. The summed E-state index contributed by atoms with van der Waals surface area (Å²) in [5, 5.41) is 2.91. The maximum Gasteiger partial charge on any atom is 0.244 e. The predicted molar refractivity (Wildman–Crippen MR) is 161 cm³/mol. The first-order valence-corrected chi connectivity index (χ1v) is 13.7. The van der Waals surface area contributed by atoms with Gasteiger partial charge in [-0.05, 0) is 71.4 Å². The molecule has 4 rings (SSSR count). The molecule has 0 atom stereocenters. The highest BCUT2D eigenvalue weighted by Crippen LogP contribution is 2.29. The Morgan fingerprint density at radius 2 is 1.29 bits per heavy atom. The molecule has 0 unspecified atom stereocenters. The Labute approximate surface area is 247 Å². The third kappa shape index (κ3) is 7.69. The number of ether oxygens (including phenoxy) is 3. The summed E-state index contributed by atoms with van der Waals surface area (Å²) >= 11 is 0. The van der Waals surface area contributed by atoms with E-state index in [2.05, 4.69) is 25.3 Å². The number of aromatic nitrogens is 4. The van der Waals surface area contributed by atoms with Gasteiger partial charge in [0, 0.05) is 18.2 Å². The van der Waals surface area contributed by atoms with Crippen molar-refractivity contribution in [1.29, 1.82) is 0 Å².